The molecule has 0 unspecified atom stereocenters. The van der Waals surface area contributed by atoms with Gasteiger partial charge in [0.05, 0.1) is 0 Å². The zero-order chi connectivity index (χ0) is 18.4. The van der Waals surface area contributed by atoms with E-state index in [1.165, 1.54) is 0 Å². The van der Waals surface area contributed by atoms with Crippen molar-refractivity contribution in [1.82, 2.24) is 9.88 Å². The van der Waals surface area contributed by atoms with E-state index in [0.717, 1.165) is 21.8 Å². The van der Waals surface area contributed by atoms with Gasteiger partial charge in [0.2, 0.25) is 0 Å². The first-order valence-electron chi connectivity index (χ1n) is 8.05. The predicted molar refractivity (Wildman–Crippen MR) is 113 cm³/mol. The molecule has 0 atom stereocenters. The van der Waals surface area contributed by atoms with E-state index in [4.69, 9.17) is 35.4 Å². The molecule has 1 heterocycles. The summed E-state index contributed by atoms with van der Waals surface area (Å²) < 4.78 is 0. The maximum Gasteiger partial charge on any atom is 0.174 e. The third kappa shape index (κ3) is 5.43. The van der Waals surface area contributed by atoms with Gasteiger partial charge in [-0.2, -0.15) is 0 Å². The summed E-state index contributed by atoms with van der Waals surface area (Å²) in [6.07, 6.45) is 3.61. The molecule has 132 valence electrons. The highest BCUT2D eigenvalue weighted by atomic mass is 35.5. The Balaban J connectivity index is 1.77. The van der Waals surface area contributed by atoms with Crippen LogP contribution in [0.5, 0.6) is 0 Å². The summed E-state index contributed by atoms with van der Waals surface area (Å²) in [5.74, 6) is 0. The van der Waals surface area contributed by atoms with Crippen LogP contribution >= 0.6 is 35.4 Å². The van der Waals surface area contributed by atoms with Gasteiger partial charge in [0, 0.05) is 41.2 Å². The van der Waals surface area contributed by atoms with Crippen molar-refractivity contribution in [2.24, 2.45) is 0 Å². The molecule has 0 aliphatic carbocycles. The summed E-state index contributed by atoms with van der Waals surface area (Å²) in [5, 5.41) is 5.31. The van der Waals surface area contributed by atoms with Crippen molar-refractivity contribution in [3.63, 3.8) is 0 Å². The predicted octanol–water partition coefficient (Wildman–Crippen LogP) is 5.79. The Hall–Kier alpha value is -2.14. The molecule has 0 spiro atoms. The van der Waals surface area contributed by atoms with Crippen molar-refractivity contribution in [2.45, 2.75) is 13.1 Å². The normalized spacial score (nSPS) is 10.4. The molecule has 26 heavy (non-hydrogen) atoms. The van der Waals surface area contributed by atoms with E-state index >= 15 is 0 Å². The number of hydrogen-bond donors (Lipinski definition) is 1. The molecular weight excluding hydrogens is 385 g/mol. The minimum atomic E-state index is 0.631. The van der Waals surface area contributed by atoms with Gasteiger partial charge >= 0.3 is 0 Å². The standard InChI is InChI=1S/C20H17Cl2N3S/c21-17-5-3-15(4-6-17)13-25(14-16-2-1-11-23-12-16)20(26)24-19-9-7-18(22)8-10-19/h1-12H,13-14H2,(H,24,26). The lowest BCUT2D eigenvalue weighted by Gasteiger charge is -2.26. The number of nitrogens with one attached hydrogen (secondary N) is 1. The van der Waals surface area contributed by atoms with Crippen LogP contribution in [0.4, 0.5) is 5.69 Å². The van der Waals surface area contributed by atoms with E-state index in [9.17, 15) is 0 Å². The van der Waals surface area contributed by atoms with Crippen LogP contribution in [0.2, 0.25) is 10.0 Å². The third-order valence-corrected chi connectivity index (χ3v) is 4.63. The average molecular weight is 402 g/mol. The van der Waals surface area contributed by atoms with Crippen LogP contribution in [0.1, 0.15) is 11.1 Å². The third-order valence-electron chi connectivity index (χ3n) is 3.77. The number of thiocarbonyl (C=S) groups is 1. The number of halogens is 2. The number of rotatable bonds is 5. The molecule has 6 heteroatoms. The second-order valence-corrected chi connectivity index (χ2v) is 7.04. The summed E-state index contributed by atoms with van der Waals surface area (Å²) in [4.78, 5) is 6.27. The molecule has 1 aromatic heterocycles. The minimum Gasteiger partial charge on any atom is -0.340 e. The van der Waals surface area contributed by atoms with Gasteiger partial charge in [0.1, 0.15) is 0 Å². The molecule has 3 rings (SSSR count). The lowest BCUT2D eigenvalue weighted by atomic mass is 10.2. The Morgan fingerprint density at radius 2 is 1.50 bits per heavy atom. The molecule has 0 radical (unpaired) electrons. The number of hydrogen-bond acceptors (Lipinski definition) is 2. The van der Waals surface area contributed by atoms with Crippen molar-refractivity contribution in [3.05, 3.63) is 94.2 Å². The Morgan fingerprint density at radius 3 is 2.12 bits per heavy atom. The fraction of sp³-hybridized carbons (Fsp3) is 0.100. The molecule has 0 aliphatic rings. The van der Waals surface area contributed by atoms with Crippen LogP contribution in [-0.4, -0.2) is 15.0 Å². The Bertz CT molecular complexity index is 852. The minimum absolute atomic E-state index is 0.631. The maximum absolute atomic E-state index is 5.99. The second kappa shape index (κ2) is 8.99. The fourth-order valence-electron chi connectivity index (χ4n) is 2.46. The topological polar surface area (TPSA) is 28.2 Å². The number of benzene rings is 2. The highest BCUT2D eigenvalue weighted by Crippen LogP contribution is 2.17. The smallest absolute Gasteiger partial charge is 0.174 e. The quantitative estimate of drug-likeness (QED) is 0.547. The van der Waals surface area contributed by atoms with E-state index in [0.29, 0.717) is 23.2 Å². The van der Waals surface area contributed by atoms with Crippen molar-refractivity contribution < 1.29 is 0 Å². The zero-order valence-corrected chi connectivity index (χ0v) is 16.2. The maximum atomic E-state index is 5.99. The van der Waals surface area contributed by atoms with E-state index in [1.807, 2.05) is 66.9 Å². The molecule has 0 amide bonds. The molecule has 0 bridgehead atoms. The van der Waals surface area contributed by atoms with Gasteiger partial charge in [-0.05, 0) is 65.8 Å². The molecule has 0 aliphatic heterocycles. The van der Waals surface area contributed by atoms with E-state index in [1.54, 1.807) is 6.20 Å². The van der Waals surface area contributed by atoms with Crippen LogP contribution in [0, 0.1) is 0 Å². The molecular formula is C20H17Cl2N3S. The summed E-state index contributed by atoms with van der Waals surface area (Å²) in [6.45, 7) is 1.31. The van der Waals surface area contributed by atoms with Crippen LogP contribution in [-0.2, 0) is 13.1 Å². The molecule has 0 saturated heterocycles. The first-order chi connectivity index (χ1) is 12.6. The summed E-state index contributed by atoms with van der Waals surface area (Å²) in [6, 6.07) is 19.2. The number of anilines is 1. The number of aromatic nitrogens is 1. The molecule has 3 aromatic rings. The highest BCUT2D eigenvalue weighted by molar-refractivity contribution is 7.80. The lowest BCUT2D eigenvalue weighted by molar-refractivity contribution is 0.412. The SMILES string of the molecule is S=C(Nc1ccc(Cl)cc1)N(Cc1ccc(Cl)cc1)Cc1cccnc1. The average Bonchev–Trinajstić information content (AvgIpc) is 2.65. The van der Waals surface area contributed by atoms with Crippen LogP contribution in [0.3, 0.4) is 0 Å². The first kappa shape index (κ1) is 18.6. The Kier molecular flexibility index (Phi) is 6.45. The fourth-order valence-corrected chi connectivity index (χ4v) is 2.96. The van der Waals surface area contributed by atoms with Crippen LogP contribution in [0.25, 0.3) is 0 Å². The van der Waals surface area contributed by atoms with Crippen molar-refractivity contribution >= 4 is 46.2 Å². The van der Waals surface area contributed by atoms with Crippen molar-refractivity contribution in [3.8, 4) is 0 Å². The van der Waals surface area contributed by atoms with Crippen LogP contribution < -0.4 is 5.32 Å². The monoisotopic (exact) mass is 401 g/mol. The van der Waals surface area contributed by atoms with E-state index < -0.39 is 0 Å². The van der Waals surface area contributed by atoms with Gasteiger partial charge in [-0.25, -0.2) is 0 Å². The van der Waals surface area contributed by atoms with Gasteiger partial charge < -0.3 is 10.2 Å². The molecule has 2 aromatic carbocycles. The number of nitrogens with zero attached hydrogens (tertiary/aromatic N) is 2. The molecule has 0 fully saturated rings. The van der Waals surface area contributed by atoms with E-state index in [-0.39, 0.29) is 0 Å². The number of pyridine rings is 1. The Labute approximate surface area is 168 Å². The lowest BCUT2D eigenvalue weighted by Crippen LogP contribution is -2.33. The van der Waals surface area contributed by atoms with Gasteiger partial charge in [-0.3, -0.25) is 4.98 Å². The summed E-state index contributed by atoms with van der Waals surface area (Å²) in [5.41, 5.74) is 3.10. The Morgan fingerprint density at radius 1 is 0.885 bits per heavy atom. The molecule has 0 saturated carbocycles. The van der Waals surface area contributed by atoms with Crippen LogP contribution in [0.15, 0.2) is 73.1 Å². The van der Waals surface area contributed by atoms with Gasteiger partial charge in [0.25, 0.3) is 0 Å². The molecule has 3 nitrogen and oxygen atoms in total. The summed E-state index contributed by atoms with van der Waals surface area (Å²) >= 11 is 17.6. The van der Waals surface area contributed by atoms with Crippen molar-refractivity contribution in [1.29, 1.82) is 0 Å². The van der Waals surface area contributed by atoms with Gasteiger partial charge in [-0.1, -0.05) is 41.4 Å². The zero-order valence-electron chi connectivity index (χ0n) is 13.9. The van der Waals surface area contributed by atoms with Crippen molar-refractivity contribution in [2.75, 3.05) is 5.32 Å². The second-order valence-electron chi connectivity index (χ2n) is 5.78. The largest absolute Gasteiger partial charge is 0.340 e. The van der Waals surface area contributed by atoms with E-state index in [2.05, 4.69) is 15.2 Å². The van der Waals surface area contributed by atoms with Gasteiger partial charge in [0.15, 0.2) is 5.11 Å². The molecule has 1 N–H and O–H groups in total. The van der Waals surface area contributed by atoms with Gasteiger partial charge in [-0.15, -0.1) is 0 Å². The highest BCUT2D eigenvalue weighted by Gasteiger charge is 2.12. The first-order valence-corrected chi connectivity index (χ1v) is 9.21. The summed E-state index contributed by atoms with van der Waals surface area (Å²) in [7, 11) is 0.